The molecule has 9 nitrogen and oxygen atoms in total. The number of carbonyl (C=O) groups excluding carboxylic acids is 1. The highest BCUT2D eigenvalue weighted by molar-refractivity contribution is 5.94. The number of rotatable bonds is 8. The Morgan fingerprint density at radius 2 is 1.81 bits per heavy atom. The summed E-state index contributed by atoms with van der Waals surface area (Å²) in [5.41, 5.74) is 5.32. The SMILES string of the molecule is CN(C)c1cccc(-c2cccc3nc(Nc4ccc(C(=O)NCCN5CCOCC5)cc4)nn23)c1. The van der Waals surface area contributed by atoms with Gasteiger partial charge in [0.25, 0.3) is 5.91 Å². The van der Waals surface area contributed by atoms with Crippen LogP contribution in [0.4, 0.5) is 17.3 Å². The molecule has 0 bridgehead atoms. The van der Waals surface area contributed by atoms with Gasteiger partial charge in [0.1, 0.15) is 0 Å². The lowest BCUT2D eigenvalue weighted by Crippen LogP contribution is -2.41. The molecule has 2 aromatic carbocycles. The summed E-state index contributed by atoms with van der Waals surface area (Å²) < 4.78 is 7.20. The van der Waals surface area contributed by atoms with E-state index in [-0.39, 0.29) is 5.91 Å². The molecule has 0 saturated carbocycles. The molecule has 0 unspecified atom stereocenters. The number of ether oxygens (including phenoxy) is 1. The van der Waals surface area contributed by atoms with E-state index >= 15 is 0 Å². The van der Waals surface area contributed by atoms with Crippen molar-refractivity contribution in [1.82, 2.24) is 24.8 Å². The van der Waals surface area contributed by atoms with E-state index < -0.39 is 0 Å². The fourth-order valence-electron chi connectivity index (χ4n) is 4.21. The van der Waals surface area contributed by atoms with Gasteiger partial charge < -0.3 is 20.3 Å². The van der Waals surface area contributed by atoms with Gasteiger partial charge in [-0.2, -0.15) is 4.98 Å². The summed E-state index contributed by atoms with van der Waals surface area (Å²) in [6.45, 7) is 4.79. The Balaban J connectivity index is 1.25. The van der Waals surface area contributed by atoms with Crippen molar-refractivity contribution in [1.29, 1.82) is 0 Å². The molecule has 9 heteroatoms. The predicted molar refractivity (Wildman–Crippen MR) is 142 cm³/mol. The second-order valence-corrected chi connectivity index (χ2v) is 8.97. The number of carbonyl (C=O) groups is 1. The van der Waals surface area contributed by atoms with Crippen molar-refractivity contribution in [2.45, 2.75) is 0 Å². The van der Waals surface area contributed by atoms with Crippen LogP contribution in [0.1, 0.15) is 10.4 Å². The van der Waals surface area contributed by atoms with E-state index in [1.807, 2.05) is 55.0 Å². The first-order valence-corrected chi connectivity index (χ1v) is 12.2. The summed E-state index contributed by atoms with van der Waals surface area (Å²) in [5, 5.41) is 10.9. The molecule has 0 atom stereocenters. The van der Waals surface area contributed by atoms with Gasteiger partial charge in [-0.1, -0.05) is 18.2 Å². The number of morpholine rings is 1. The quantitative estimate of drug-likeness (QED) is 0.396. The summed E-state index contributed by atoms with van der Waals surface area (Å²) in [6, 6.07) is 21.6. The van der Waals surface area contributed by atoms with Gasteiger partial charge in [0.15, 0.2) is 5.65 Å². The fourth-order valence-corrected chi connectivity index (χ4v) is 4.21. The molecule has 2 aromatic heterocycles. The highest BCUT2D eigenvalue weighted by Crippen LogP contribution is 2.25. The van der Waals surface area contributed by atoms with E-state index in [0.29, 0.717) is 18.1 Å². The average molecular weight is 486 g/mol. The Morgan fingerprint density at radius 1 is 1.03 bits per heavy atom. The Kier molecular flexibility index (Phi) is 7.11. The number of amides is 1. The van der Waals surface area contributed by atoms with Gasteiger partial charge in [-0.05, 0) is 48.5 Å². The smallest absolute Gasteiger partial charge is 0.251 e. The van der Waals surface area contributed by atoms with Crippen LogP contribution in [-0.2, 0) is 4.74 Å². The maximum Gasteiger partial charge on any atom is 0.251 e. The van der Waals surface area contributed by atoms with Crippen molar-refractivity contribution in [3.8, 4) is 11.3 Å². The second-order valence-electron chi connectivity index (χ2n) is 8.97. The van der Waals surface area contributed by atoms with Crippen LogP contribution >= 0.6 is 0 Å². The van der Waals surface area contributed by atoms with Gasteiger partial charge in [-0.3, -0.25) is 9.69 Å². The minimum atomic E-state index is -0.0785. The molecule has 1 amide bonds. The molecule has 1 aliphatic heterocycles. The number of fused-ring (bicyclic) bond motifs is 1. The van der Waals surface area contributed by atoms with Crippen molar-refractivity contribution in [2.24, 2.45) is 0 Å². The number of benzene rings is 2. The first-order chi connectivity index (χ1) is 17.6. The zero-order chi connectivity index (χ0) is 24.9. The third-order valence-electron chi connectivity index (χ3n) is 6.24. The van der Waals surface area contributed by atoms with Crippen LogP contribution in [0.25, 0.3) is 16.9 Å². The van der Waals surface area contributed by atoms with E-state index in [0.717, 1.165) is 61.1 Å². The van der Waals surface area contributed by atoms with E-state index in [1.54, 1.807) is 12.1 Å². The molecule has 2 N–H and O–H groups in total. The minimum Gasteiger partial charge on any atom is -0.379 e. The summed E-state index contributed by atoms with van der Waals surface area (Å²) in [7, 11) is 4.05. The molecular formula is C27H31N7O2. The number of nitrogens with zero attached hydrogens (tertiary/aromatic N) is 5. The topological polar surface area (TPSA) is 87.0 Å². The zero-order valence-corrected chi connectivity index (χ0v) is 20.6. The number of aromatic nitrogens is 3. The highest BCUT2D eigenvalue weighted by atomic mass is 16.5. The van der Waals surface area contributed by atoms with E-state index in [4.69, 9.17) is 4.74 Å². The lowest BCUT2D eigenvalue weighted by molar-refractivity contribution is 0.0383. The molecule has 1 aliphatic rings. The normalized spacial score (nSPS) is 14.1. The molecule has 1 saturated heterocycles. The van der Waals surface area contributed by atoms with Crippen LogP contribution in [0.3, 0.4) is 0 Å². The monoisotopic (exact) mass is 485 g/mol. The van der Waals surface area contributed by atoms with Crippen molar-refractivity contribution >= 4 is 28.9 Å². The molecular weight excluding hydrogens is 454 g/mol. The second kappa shape index (κ2) is 10.8. The van der Waals surface area contributed by atoms with Crippen LogP contribution in [0.15, 0.2) is 66.7 Å². The molecule has 1 fully saturated rings. The lowest BCUT2D eigenvalue weighted by atomic mass is 10.1. The first-order valence-electron chi connectivity index (χ1n) is 12.2. The maximum absolute atomic E-state index is 12.5. The van der Waals surface area contributed by atoms with Gasteiger partial charge in [0, 0.05) is 62.8 Å². The van der Waals surface area contributed by atoms with E-state index in [2.05, 4.69) is 48.7 Å². The fraction of sp³-hybridized carbons (Fsp3) is 0.296. The minimum absolute atomic E-state index is 0.0785. The Labute approximate surface area is 210 Å². The van der Waals surface area contributed by atoms with Crippen LogP contribution in [0.5, 0.6) is 0 Å². The van der Waals surface area contributed by atoms with Gasteiger partial charge >= 0.3 is 0 Å². The summed E-state index contributed by atoms with van der Waals surface area (Å²) >= 11 is 0. The highest BCUT2D eigenvalue weighted by Gasteiger charge is 2.12. The van der Waals surface area contributed by atoms with E-state index in [9.17, 15) is 4.79 Å². The van der Waals surface area contributed by atoms with Crippen LogP contribution < -0.4 is 15.5 Å². The number of anilines is 3. The number of nitrogens with one attached hydrogen (secondary N) is 2. The van der Waals surface area contributed by atoms with Crippen LogP contribution in [-0.4, -0.2) is 78.9 Å². The standard InChI is InChI=1S/C27H31N7O2/c1-32(2)23-6-3-5-21(19-23)24-7-4-8-25-30-27(31-34(24)25)29-22-11-9-20(10-12-22)26(35)28-13-14-33-15-17-36-18-16-33/h3-12,19H,13-18H2,1-2H3,(H,28,35)(H,29,31). The Hall–Kier alpha value is -3.95. The molecule has 5 rings (SSSR count). The van der Waals surface area contributed by atoms with Crippen molar-refractivity contribution in [3.63, 3.8) is 0 Å². The van der Waals surface area contributed by atoms with Crippen LogP contribution in [0.2, 0.25) is 0 Å². The average Bonchev–Trinajstić information content (AvgIpc) is 3.32. The van der Waals surface area contributed by atoms with Crippen molar-refractivity contribution in [3.05, 3.63) is 72.3 Å². The number of hydrogen-bond acceptors (Lipinski definition) is 7. The third-order valence-corrected chi connectivity index (χ3v) is 6.24. The van der Waals surface area contributed by atoms with Crippen LogP contribution in [0, 0.1) is 0 Å². The number of pyridine rings is 1. The molecule has 36 heavy (non-hydrogen) atoms. The largest absolute Gasteiger partial charge is 0.379 e. The maximum atomic E-state index is 12.5. The van der Waals surface area contributed by atoms with Crippen molar-refractivity contribution in [2.75, 3.05) is 63.7 Å². The molecule has 3 heterocycles. The van der Waals surface area contributed by atoms with E-state index in [1.165, 1.54) is 0 Å². The van der Waals surface area contributed by atoms with Gasteiger partial charge in [-0.15, -0.1) is 5.10 Å². The Morgan fingerprint density at radius 3 is 2.58 bits per heavy atom. The summed E-state index contributed by atoms with van der Waals surface area (Å²) in [4.78, 5) is 21.5. The third kappa shape index (κ3) is 5.48. The van der Waals surface area contributed by atoms with Gasteiger partial charge in [0.2, 0.25) is 5.95 Å². The number of hydrogen-bond donors (Lipinski definition) is 2. The molecule has 186 valence electrons. The van der Waals surface area contributed by atoms with Gasteiger partial charge in [-0.25, -0.2) is 4.52 Å². The van der Waals surface area contributed by atoms with Crippen molar-refractivity contribution < 1.29 is 9.53 Å². The van der Waals surface area contributed by atoms with Gasteiger partial charge in [0.05, 0.1) is 18.9 Å². The summed E-state index contributed by atoms with van der Waals surface area (Å²) in [5.74, 6) is 0.416. The summed E-state index contributed by atoms with van der Waals surface area (Å²) in [6.07, 6.45) is 0. The molecule has 0 radical (unpaired) electrons. The Bertz CT molecular complexity index is 1330. The predicted octanol–water partition coefficient (Wildman–Crippen LogP) is 3.27. The zero-order valence-electron chi connectivity index (χ0n) is 20.6. The molecule has 0 spiro atoms. The lowest BCUT2D eigenvalue weighted by Gasteiger charge is -2.26. The first kappa shape index (κ1) is 23.8. The molecule has 0 aliphatic carbocycles. The molecule has 4 aromatic rings.